The van der Waals surface area contributed by atoms with Gasteiger partial charge in [0.15, 0.2) is 5.82 Å². The van der Waals surface area contributed by atoms with Gasteiger partial charge in [-0.2, -0.15) is 4.98 Å². The van der Waals surface area contributed by atoms with E-state index in [0.29, 0.717) is 17.4 Å². The molecule has 0 aliphatic carbocycles. The van der Waals surface area contributed by atoms with Crippen LogP contribution in [0.5, 0.6) is 0 Å². The maximum Gasteiger partial charge on any atom is 0.258 e. The molecule has 5 heteroatoms. The molecule has 0 spiro atoms. The third-order valence-corrected chi connectivity index (χ3v) is 2.58. The fourth-order valence-corrected chi connectivity index (χ4v) is 1.83. The standard InChI is InChI=1S/C11H12BrN3O/c1-6(2)10-14-11(16-15-10)7-3-8(12)5-9(13)4-7/h3-6H,13H2,1-2H3. The second-order valence-corrected chi connectivity index (χ2v) is 4.80. The molecule has 1 heterocycles. The fourth-order valence-electron chi connectivity index (χ4n) is 1.32. The molecule has 2 rings (SSSR count). The van der Waals surface area contributed by atoms with Crippen molar-refractivity contribution in [1.29, 1.82) is 0 Å². The summed E-state index contributed by atoms with van der Waals surface area (Å²) < 4.78 is 6.08. The van der Waals surface area contributed by atoms with E-state index in [0.717, 1.165) is 10.0 Å². The number of halogens is 1. The maximum absolute atomic E-state index is 5.74. The van der Waals surface area contributed by atoms with Gasteiger partial charge >= 0.3 is 0 Å². The Morgan fingerprint density at radius 3 is 2.62 bits per heavy atom. The third-order valence-electron chi connectivity index (χ3n) is 2.13. The highest BCUT2D eigenvalue weighted by Crippen LogP contribution is 2.25. The van der Waals surface area contributed by atoms with Crippen LogP contribution in [-0.2, 0) is 0 Å². The Bertz CT molecular complexity index is 487. The Labute approximate surface area is 102 Å². The van der Waals surface area contributed by atoms with Crippen LogP contribution in [0.2, 0.25) is 0 Å². The topological polar surface area (TPSA) is 64.9 Å². The zero-order valence-corrected chi connectivity index (χ0v) is 10.7. The lowest BCUT2D eigenvalue weighted by Gasteiger charge is -1.98. The van der Waals surface area contributed by atoms with Crippen LogP contribution in [0.15, 0.2) is 27.2 Å². The SMILES string of the molecule is CC(C)c1noc(-c2cc(N)cc(Br)c2)n1. The molecule has 16 heavy (non-hydrogen) atoms. The number of nitrogens with zero attached hydrogens (tertiary/aromatic N) is 2. The molecule has 0 atom stereocenters. The number of benzene rings is 1. The van der Waals surface area contributed by atoms with E-state index in [1.54, 1.807) is 0 Å². The predicted molar refractivity (Wildman–Crippen MR) is 65.9 cm³/mol. The Morgan fingerprint density at radius 1 is 1.31 bits per heavy atom. The van der Waals surface area contributed by atoms with E-state index in [-0.39, 0.29) is 5.92 Å². The summed E-state index contributed by atoms with van der Waals surface area (Å²) in [4.78, 5) is 4.31. The molecule has 2 aromatic rings. The molecule has 0 aliphatic rings. The summed E-state index contributed by atoms with van der Waals surface area (Å²) in [6, 6.07) is 5.53. The summed E-state index contributed by atoms with van der Waals surface area (Å²) in [6.45, 7) is 4.04. The molecule has 0 aliphatic heterocycles. The van der Waals surface area contributed by atoms with E-state index < -0.39 is 0 Å². The number of rotatable bonds is 2. The van der Waals surface area contributed by atoms with E-state index in [1.807, 2.05) is 32.0 Å². The maximum atomic E-state index is 5.74. The minimum Gasteiger partial charge on any atom is -0.399 e. The van der Waals surface area contributed by atoms with Gasteiger partial charge in [0.1, 0.15) is 0 Å². The summed E-state index contributed by atoms with van der Waals surface area (Å²) in [7, 11) is 0. The van der Waals surface area contributed by atoms with Gasteiger partial charge in [-0.25, -0.2) is 0 Å². The molecule has 84 valence electrons. The second-order valence-electron chi connectivity index (χ2n) is 3.89. The van der Waals surface area contributed by atoms with Crippen LogP contribution in [0, 0.1) is 0 Å². The fraction of sp³-hybridized carbons (Fsp3) is 0.273. The average molecular weight is 282 g/mol. The lowest BCUT2D eigenvalue weighted by atomic mass is 10.2. The smallest absolute Gasteiger partial charge is 0.258 e. The van der Waals surface area contributed by atoms with Crippen LogP contribution >= 0.6 is 15.9 Å². The molecular weight excluding hydrogens is 270 g/mol. The summed E-state index contributed by atoms with van der Waals surface area (Å²) in [5, 5.41) is 3.91. The minimum atomic E-state index is 0.252. The molecule has 0 unspecified atom stereocenters. The lowest BCUT2D eigenvalue weighted by Crippen LogP contribution is -1.90. The van der Waals surface area contributed by atoms with Crippen LogP contribution in [0.4, 0.5) is 5.69 Å². The molecule has 4 nitrogen and oxygen atoms in total. The number of anilines is 1. The second kappa shape index (κ2) is 4.25. The molecule has 1 aromatic carbocycles. The number of nitrogen functional groups attached to an aromatic ring is 1. The van der Waals surface area contributed by atoms with Crippen molar-refractivity contribution in [3.05, 3.63) is 28.5 Å². The average Bonchev–Trinajstić information content (AvgIpc) is 2.64. The highest BCUT2D eigenvalue weighted by molar-refractivity contribution is 9.10. The van der Waals surface area contributed by atoms with Crippen molar-refractivity contribution in [2.75, 3.05) is 5.73 Å². The largest absolute Gasteiger partial charge is 0.399 e. The number of hydrogen-bond donors (Lipinski definition) is 1. The van der Waals surface area contributed by atoms with Crippen molar-refractivity contribution in [1.82, 2.24) is 10.1 Å². The minimum absolute atomic E-state index is 0.252. The van der Waals surface area contributed by atoms with Gasteiger partial charge in [-0.05, 0) is 18.2 Å². The summed E-state index contributed by atoms with van der Waals surface area (Å²) in [5.41, 5.74) is 7.23. The molecule has 0 amide bonds. The first-order valence-corrected chi connectivity index (χ1v) is 5.75. The van der Waals surface area contributed by atoms with Crippen LogP contribution in [0.3, 0.4) is 0 Å². The van der Waals surface area contributed by atoms with E-state index in [4.69, 9.17) is 10.3 Å². The molecule has 0 radical (unpaired) electrons. The van der Waals surface area contributed by atoms with E-state index in [1.165, 1.54) is 0 Å². The van der Waals surface area contributed by atoms with Gasteiger partial charge < -0.3 is 10.3 Å². The first-order chi connectivity index (χ1) is 7.56. The number of hydrogen-bond acceptors (Lipinski definition) is 4. The van der Waals surface area contributed by atoms with Crippen molar-refractivity contribution >= 4 is 21.6 Å². The van der Waals surface area contributed by atoms with Gasteiger partial charge in [0.2, 0.25) is 0 Å². The highest BCUT2D eigenvalue weighted by atomic mass is 79.9. The summed E-state index contributed by atoms with van der Waals surface area (Å²) in [5.74, 6) is 1.45. The Kier molecular flexibility index (Phi) is 2.96. The quantitative estimate of drug-likeness (QED) is 0.859. The van der Waals surface area contributed by atoms with Crippen molar-refractivity contribution in [3.8, 4) is 11.5 Å². The van der Waals surface area contributed by atoms with Crippen molar-refractivity contribution in [2.45, 2.75) is 19.8 Å². The van der Waals surface area contributed by atoms with Gasteiger partial charge in [-0.15, -0.1) is 0 Å². The monoisotopic (exact) mass is 281 g/mol. The van der Waals surface area contributed by atoms with Crippen molar-refractivity contribution in [3.63, 3.8) is 0 Å². The zero-order valence-electron chi connectivity index (χ0n) is 9.07. The normalized spacial score (nSPS) is 11.0. The Hall–Kier alpha value is -1.36. The van der Waals surface area contributed by atoms with Crippen LogP contribution in [-0.4, -0.2) is 10.1 Å². The molecule has 2 N–H and O–H groups in total. The van der Waals surface area contributed by atoms with Gasteiger partial charge in [0, 0.05) is 21.6 Å². The van der Waals surface area contributed by atoms with Gasteiger partial charge in [-0.1, -0.05) is 34.9 Å². The van der Waals surface area contributed by atoms with Crippen molar-refractivity contribution in [2.24, 2.45) is 0 Å². The summed E-state index contributed by atoms with van der Waals surface area (Å²) in [6.07, 6.45) is 0. The lowest BCUT2D eigenvalue weighted by molar-refractivity contribution is 0.419. The number of nitrogens with two attached hydrogens (primary N) is 1. The van der Waals surface area contributed by atoms with Crippen LogP contribution < -0.4 is 5.73 Å². The van der Waals surface area contributed by atoms with Crippen LogP contribution in [0.1, 0.15) is 25.6 Å². The van der Waals surface area contributed by atoms with Gasteiger partial charge in [-0.3, -0.25) is 0 Å². The Balaban J connectivity index is 2.42. The first kappa shape index (κ1) is 11.1. The molecule has 1 aromatic heterocycles. The molecule has 0 bridgehead atoms. The molecular formula is C11H12BrN3O. The Morgan fingerprint density at radius 2 is 2.06 bits per heavy atom. The number of aromatic nitrogens is 2. The van der Waals surface area contributed by atoms with E-state index >= 15 is 0 Å². The molecule has 0 saturated heterocycles. The van der Waals surface area contributed by atoms with Crippen molar-refractivity contribution < 1.29 is 4.52 Å². The van der Waals surface area contributed by atoms with Crippen LogP contribution in [0.25, 0.3) is 11.5 Å². The van der Waals surface area contributed by atoms with E-state index in [2.05, 4.69) is 26.1 Å². The first-order valence-electron chi connectivity index (χ1n) is 4.96. The molecule has 0 fully saturated rings. The molecule has 0 saturated carbocycles. The predicted octanol–water partition coefficient (Wildman–Crippen LogP) is 3.20. The zero-order chi connectivity index (χ0) is 11.7. The third kappa shape index (κ3) is 2.24. The highest BCUT2D eigenvalue weighted by Gasteiger charge is 2.12. The van der Waals surface area contributed by atoms with Gasteiger partial charge in [0.25, 0.3) is 5.89 Å². The summed E-state index contributed by atoms with van der Waals surface area (Å²) >= 11 is 3.38. The van der Waals surface area contributed by atoms with E-state index in [9.17, 15) is 0 Å². The van der Waals surface area contributed by atoms with Gasteiger partial charge in [0.05, 0.1) is 0 Å².